The number of likely N-dealkylation sites (tertiary alicyclic amines) is 1. The first kappa shape index (κ1) is 23.9. The van der Waals surface area contributed by atoms with Crippen molar-refractivity contribution >= 4 is 11.9 Å². The smallest absolute Gasteiger partial charge is 0.314 e. The molecular formula is C30H43NO3. The van der Waals surface area contributed by atoms with Crippen molar-refractivity contribution in [1.29, 1.82) is 0 Å². The van der Waals surface area contributed by atoms with Crippen LogP contribution in [0.15, 0.2) is 24.3 Å². The van der Waals surface area contributed by atoms with Gasteiger partial charge in [-0.05, 0) is 90.1 Å². The molecule has 7 atom stereocenters. The number of carbonyl (C=O) groups is 2. The zero-order valence-corrected chi connectivity index (χ0v) is 22.0. The van der Waals surface area contributed by atoms with Gasteiger partial charge in [0, 0.05) is 19.5 Å². The van der Waals surface area contributed by atoms with Crippen LogP contribution in [0.5, 0.6) is 0 Å². The molecule has 4 heteroatoms. The molecule has 3 aliphatic carbocycles. The van der Waals surface area contributed by atoms with Crippen LogP contribution in [0.25, 0.3) is 0 Å². The maximum atomic E-state index is 13.3. The lowest BCUT2D eigenvalue weighted by atomic mass is 9.44. The summed E-state index contributed by atoms with van der Waals surface area (Å²) in [6.45, 7) is 11.4. The summed E-state index contributed by atoms with van der Waals surface area (Å²) in [4.78, 5) is 27.9. The van der Waals surface area contributed by atoms with Gasteiger partial charge in [-0.25, -0.2) is 0 Å². The second kappa shape index (κ2) is 7.58. The SMILES string of the molecule is CN1C(=O)CC[C@@]2(C)C1CC[C@@H]1[C@H]2CC[C@@]2(C)[C@H]1CCC2(C(=O)O)c1ccccc1C(C)(C)C. The lowest BCUT2D eigenvalue weighted by Crippen LogP contribution is -2.62. The summed E-state index contributed by atoms with van der Waals surface area (Å²) >= 11 is 0. The molecule has 4 nitrogen and oxygen atoms in total. The van der Waals surface area contributed by atoms with E-state index in [1.807, 2.05) is 18.0 Å². The predicted octanol–water partition coefficient (Wildman–Crippen LogP) is 6.17. The highest BCUT2D eigenvalue weighted by Crippen LogP contribution is 2.70. The Morgan fingerprint density at radius 3 is 2.35 bits per heavy atom. The van der Waals surface area contributed by atoms with Gasteiger partial charge in [0.15, 0.2) is 0 Å². The molecule has 3 saturated carbocycles. The molecule has 1 aromatic carbocycles. The number of carbonyl (C=O) groups excluding carboxylic acids is 1. The number of fused-ring (bicyclic) bond motifs is 5. The summed E-state index contributed by atoms with van der Waals surface area (Å²) in [5.41, 5.74) is 1.22. The summed E-state index contributed by atoms with van der Waals surface area (Å²) < 4.78 is 0. The minimum absolute atomic E-state index is 0.102. The standard InChI is InChI=1S/C30H43NO3/c1-27(2,3)22-9-7-8-10-23(22)30(26(33)34)18-14-21-19-11-12-24-28(4,16-15-25(32)31(24)6)20(19)13-17-29(21,30)5/h7-10,19-21,24H,11-18H2,1-6H3,(H,33,34)/t19-,20-,21+,24?,28-,29+,30?/m1/s1. The minimum Gasteiger partial charge on any atom is -0.481 e. The highest BCUT2D eigenvalue weighted by molar-refractivity contribution is 5.84. The number of amides is 1. The quantitative estimate of drug-likeness (QED) is 0.568. The van der Waals surface area contributed by atoms with Crippen LogP contribution in [-0.2, 0) is 20.4 Å². The van der Waals surface area contributed by atoms with Crippen LogP contribution in [0.2, 0.25) is 0 Å². The molecule has 2 unspecified atom stereocenters. The molecule has 4 fully saturated rings. The number of hydrogen-bond acceptors (Lipinski definition) is 2. The van der Waals surface area contributed by atoms with Crippen molar-refractivity contribution < 1.29 is 14.7 Å². The summed E-state index contributed by atoms with van der Waals surface area (Å²) in [7, 11) is 2.01. The van der Waals surface area contributed by atoms with Gasteiger partial charge in [0.05, 0.1) is 5.41 Å². The summed E-state index contributed by atoms with van der Waals surface area (Å²) in [5.74, 6) is 1.24. The normalized spacial score (nSPS) is 42.1. The molecular weight excluding hydrogens is 422 g/mol. The molecule has 1 heterocycles. The monoisotopic (exact) mass is 465 g/mol. The lowest BCUT2D eigenvalue weighted by molar-refractivity contribution is -0.165. The first-order valence-corrected chi connectivity index (χ1v) is 13.5. The number of carboxylic acid groups (broad SMARTS) is 1. The van der Waals surface area contributed by atoms with Crippen LogP contribution in [0, 0.1) is 28.6 Å². The van der Waals surface area contributed by atoms with Crippen LogP contribution < -0.4 is 0 Å². The fourth-order valence-electron chi connectivity index (χ4n) is 9.61. The molecule has 1 aromatic rings. The molecule has 5 rings (SSSR count). The molecule has 186 valence electrons. The van der Waals surface area contributed by atoms with Crippen LogP contribution in [0.3, 0.4) is 0 Å². The predicted molar refractivity (Wildman–Crippen MR) is 135 cm³/mol. The summed E-state index contributed by atoms with van der Waals surface area (Å²) in [6, 6.07) is 8.72. The van der Waals surface area contributed by atoms with Crippen molar-refractivity contribution in [3.63, 3.8) is 0 Å². The van der Waals surface area contributed by atoms with Crippen molar-refractivity contribution in [2.45, 2.75) is 103 Å². The third kappa shape index (κ3) is 2.95. The molecule has 0 aromatic heterocycles. The third-order valence-corrected chi connectivity index (χ3v) is 11.3. The van der Waals surface area contributed by atoms with E-state index in [9.17, 15) is 14.7 Å². The third-order valence-electron chi connectivity index (χ3n) is 11.3. The highest BCUT2D eigenvalue weighted by atomic mass is 16.4. The molecule has 1 amide bonds. The van der Waals surface area contributed by atoms with Gasteiger partial charge >= 0.3 is 5.97 Å². The van der Waals surface area contributed by atoms with Crippen LogP contribution in [-0.4, -0.2) is 35.0 Å². The van der Waals surface area contributed by atoms with Gasteiger partial charge in [-0.2, -0.15) is 0 Å². The maximum Gasteiger partial charge on any atom is 0.314 e. The van der Waals surface area contributed by atoms with E-state index in [4.69, 9.17) is 0 Å². The molecule has 34 heavy (non-hydrogen) atoms. The number of nitrogens with zero attached hydrogens (tertiary/aromatic N) is 1. The number of piperidine rings is 1. The van der Waals surface area contributed by atoms with Gasteiger partial charge in [0.25, 0.3) is 0 Å². The van der Waals surface area contributed by atoms with E-state index in [1.54, 1.807) is 0 Å². The number of hydrogen-bond donors (Lipinski definition) is 1. The number of benzene rings is 1. The lowest BCUT2D eigenvalue weighted by Gasteiger charge is -2.62. The number of rotatable bonds is 2. The van der Waals surface area contributed by atoms with Gasteiger partial charge in [-0.15, -0.1) is 0 Å². The first-order valence-electron chi connectivity index (χ1n) is 13.5. The molecule has 1 aliphatic heterocycles. The highest BCUT2D eigenvalue weighted by Gasteiger charge is 2.68. The Hall–Kier alpha value is -1.84. The van der Waals surface area contributed by atoms with Crippen molar-refractivity contribution in [2.75, 3.05) is 7.05 Å². The molecule has 0 spiro atoms. The van der Waals surface area contributed by atoms with Crippen LogP contribution in [0.1, 0.15) is 97.1 Å². The average Bonchev–Trinajstić information content (AvgIpc) is 3.10. The Balaban J connectivity index is 1.57. The van der Waals surface area contributed by atoms with E-state index in [0.717, 1.165) is 50.5 Å². The fraction of sp³-hybridized carbons (Fsp3) is 0.733. The van der Waals surface area contributed by atoms with Crippen molar-refractivity contribution in [3.05, 3.63) is 35.4 Å². The van der Waals surface area contributed by atoms with Crippen LogP contribution in [0.4, 0.5) is 0 Å². The Kier molecular flexibility index (Phi) is 5.32. The van der Waals surface area contributed by atoms with Crippen molar-refractivity contribution in [3.8, 4) is 0 Å². The van der Waals surface area contributed by atoms with E-state index in [0.29, 0.717) is 36.1 Å². The topological polar surface area (TPSA) is 57.6 Å². The summed E-state index contributed by atoms with van der Waals surface area (Å²) in [5, 5.41) is 11.0. The molecule has 1 saturated heterocycles. The van der Waals surface area contributed by atoms with Gasteiger partial charge in [-0.3, -0.25) is 9.59 Å². The van der Waals surface area contributed by atoms with E-state index in [-0.39, 0.29) is 16.2 Å². The second-order valence-electron chi connectivity index (χ2n) is 13.5. The molecule has 0 radical (unpaired) electrons. The average molecular weight is 466 g/mol. The number of aliphatic carboxylic acids is 1. The van der Waals surface area contributed by atoms with Crippen molar-refractivity contribution in [2.24, 2.45) is 28.6 Å². The Bertz CT molecular complexity index is 1010. The summed E-state index contributed by atoms with van der Waals surface area (Å²) in [6.07, 6.45) is 7.61. The van der Waals surface area contributed by atoms with E-state index < -0.39 is 11.4 Å². The number of carboxylic acids is 1. The largest absolute Gasteiger partial charge is 0.481 e. The molecule has 4 aliphatic rings. The zero-order chi connectivity index (χ0) is 24.7. The van der Waals surface area contributed by atoms with Gasteiger partial charge in [0.1, 0.15) is 0 Å². The zero-order valence-electron chi connectivity index (χ0n) is 22.0. The second-order valence-corrected chi connectivity index (χ2v) is 13.5. The van der Waals surface area contributed by atoms with E-state index in [1.165, 1.54) is 5.56 Å². The molecule has 1 N–H and O–H groups in total. The Labute approximate surface area is 205 Å². The van der Waals surface area contributed by atoms with Crippen LogP contribution >= 0.6 is 0 Å². The van der Waals surface area contributed by atoms with Gasteiger partial charge in [-0.1, -0.05) is 58.9 Å². The van der Waals surface area contributed by atoms with E-state index in [2.05, 4.69) is 52.8 Å². The Morgan fingerprint density at radius 2 is 1.68 bits per heavy atom. The Morgan fingerprint density at radius 1 is 1.00 bits per heavy atom. The molecule has 0 bridgehead atoms. The van der Waals surface area contributed by atoms with Gasteiger partial charge in [0.2, 0.25) is 5.91 Å². The first-order chi connectivity index (χ1) is 15.9. The maximum absolute atomic E-state index is 13.3. The van der Waals surface area contributed by atoms with E-state index >= 15 is 0 Å². The van der Waals surface area contributed by atoms with Gasteiger partial charge < -0.3 is 10.0 Å². The minimum atomic E-state index is -0.830. The fourth-order valence-corrected chi connectivity index (χ4v) is 9.61. The van der Waals surface area contributed by atoms with Crippen molar-refractivity contribution in [1.82, 2.24) is 4.90 Å².